The van der Waals surface area contributed by atoms with E-state index in [4.69, 9.17) is 11.5 Å². The molecule has 0 aromatic rings. The van der Waals surface area contributed by atoms with Crippen molar-refractivity contribution in [2.45, 2.75) is 51.2 Å². The van der Waals surface area contributed by atoms with E-state index in [0.717, 1.165) is 12.8 Å². The van der Waals surface area contributed by atoms with Crippen LogP contribution in [0, 0.1) is 12.3 Å². The van der Waals surface area contributed by atoms with E-state index in [2.05, 4.69) is 16.6 Å². The van der Waals surface area contributed by atoms with E-state index in [1.807, 2.05) is 18.7 Å². The fourth-order valence-corrected chi connectivity index (χ4v) is 2.36. The number of likely N-dealkylation sites (N-methyl/N-ethyl adjacent to an activating group) is 1. The zero-order valence-corrected chi connectivity index (χ0v) is 12.1. The molecule has 6 heteroatoms. The third-order valence-electron chi connectivity index (χ3n) is 3.51. The maximum atomic E-state index is 11.7. The summed E-state index contributed by atoms with van der Waals surface area (Å²) in [7, 11) is 0. The van der Waals surface area contributed by atoms with Gasteiger partial charge in [-0.05, 0) is 26.3 Å². The number of rotatable bonds is 7. The molecule has 20 heavy (non-hydrogen) atoms. The first-order valence-corrected chi connectivity index (χ1v) is 6.92. The number of amides is 2. The highest BCUT2D eigenvalue weighted by atomic mass is 16.4. The smallest absolute Gasteiger partial charge is 0.317 e. The van der Waals surface area contributed by atoms with Crippen molar-refractivity contribution < 1.29 is 14.7 Å². The number of carbonyl (C=O) groups is 2. The Labute approximate surface area is 119 Å². The van der Waals surface area contributed by atoms with E-state index in [1.165, 1.54) is 0 Å². The molecule has 1 aliphatic carbocycles. The van der Waals surface area contributed by atoms with Gasteiger partial charge in [-0.25, -0.2) is 4.79 Å². The van der Waals surface area contributed by atoms with Crippen LogP contribution in [-0.4, -0.2) is 53.2 Å². The normalized spacial score (nSPS) is 22.5. The van der Waals surface area contributed by atoms with E-state index >= 15 is 0 Å². The van der Waals surface area contributed by atoms with Crippen LogP contribution in [-0.2, 0) is 4.79 Å². The molecule has 2 amide bonds. The van der Waals surface area contributed by atoms with Crippen molar-refractivity contribution in [2.24, 2.45) is 0 Å². The summed E-state index contributed by atoms with van der Waals surface area (Å²) in [5.41, 5.74) is 0. The minimum Gasteiger partial charge on any atom is -0.480 e. The number of hydrogen-bond donors (Lipinski definition) is 3. The van der Waals surface area contributed by atoms with Crippen molar-refractivity contribution in [3.63, 3.8) is 0 Å². The van der Waals surface area contributed by atoms with E-state index in [1.54, 1.807) is 0 Å². The maximum Gasteiger partial charge on any atom is 0.317 e. The predicted octanol–water partition coefficient (Wildman–Crippen LogP) is 0.635. The average Bonchev–Trinajstić information content (AvgIpc) is 2.30. The monoisotopic (exact) mass is 281 g/mol. The summed E-state index contributed by atoms with van der Waals surface area (Å²) in [4.78, 5) is 24.3. The fraction of sp³-hybridized carbons (Fsp3) is 0.714. The van der Waals surface area contributed by atoms with Crippen molar-refractivity contribution in [3.8, 4) is 12.3 Å². The van der Waals surface area contributed by atoms with Crippen LogP contribution >= 0.6 is 0 Å². The Morgan fingerprint density at radius 2 is 2.15 bits per heavy atom. The Balaban J connectivity index is 2.26. The third kappa shape index (κ3) is 5.10. The largest absolute Gasteiger partial charge is 0.480 e. The molecule has 1 fully saturated rings. The SMILES string of the molecule is C#CCC(C)NC(=O)NC1CC(N(CC)CC(=O)O)C1. The molecule has 3 N–H and O–H groups in total. The van der Waals surface area contributed by atoms with Crippen LogP contribution in [0.15, 0.2) is 0 Å². The third-order valence-corrected chi connectivity index (χ3v) is 3.51. The van der Waals surface area contributed by atoms with E-state index in [0.29, 0.717) is 13.0 Å². The highest BCUT2D eigenvalue weighted by molar-refractivity contribution is 5.74. The molecule has 0 heterocycles. The summed E-state index contributed by atoms with van der Waals surface area (Å²) >= 11 is 0. The number of carbonyl (C=O) groups excluding carboxylic acids is 1. The molecule has 0 radical (unpaired) electrons. The number of urea groups is 1. The second kappa shape index (κ2) is 7.75. The Hall–Kier alpha value is -1.74. The Morgan fingerprint density at radius 1 is 1.50 bits per heavy atom. The molecule has 1 aliphatic rings. The second-order valence-electron chi connectivity index (χ2n) is 5.21. The number of carboxylic acids is 1. The molecule has 112 valence electrons. The summed E-state index contributed by atoms with van der Waals surface area (Å²) < 4.78 is 0. The van der Waals surface area contributed by atoms with Crippen LogP contribution in [0.5, 0.6) is 0 Å². The van der Waals surface area contributed by atoms with Crippen molar-refractivity contribution in [3.05, 3.63) is 0 Å². The van der Waals surface area contributed by atoms with Crippen molar-refractivity contribution in [1.29, 1.82) is 0 Å². The maximum absolute atomic E-state index is 11.7. The highest BCUT2D eigenvalue weighted by Gasteiger charge is 2.34. The first kappa shape index (κ1) is 16.3. The number of carboxylic acid groups (broad SMARTS) is 1. The summed E-state index contributed by atoms with van der Waals surface area (Å²) in [6.07, 6.45) is 7.26. The molecule has 0 saturated heterocycles. The number of nitrogens with one attached hydrogen (secondary N) is 2. The summed E-state index contributed by atoms with van der Waals surface area (Å²) in [6, 6.07) is 0.0953. The van der Waals surface area contributed by atoms with Gasteiger partial charge in [-0.1, -0.05) is 6.92 Å². The van der Waals surface area contributed by atoms with Gasteiger partial charge in [0, 0.05) is 24.5 Å². The van der Waals surface area contributed by atoms with Gasteiger partial charge in [-0.2, -0.15) is 0 Å². The lowest BCUT2D eigenvalue weighted by atomic mass is 9.85. The Kier molecular flexibility index (Phi) is 6.32. The number of hydrogen-bond acceptors (Lipinski definition) is 3. The molecule has 1 saturated carbocycles. The first-order valence-electron chi connectivity index (χ1n) is 6.92. The highest BCUT2D eigenvalue weighted by Crippen LogP contribution is 2.25. The molecule has 0 aromatic heterocycles. The molecular formula is C14H23N3O3. The quantitative estimate of drug-likeness (QED) is 0.598. The predicted molar refractivity (Wildman–Crippen MR) is 76.3 cm³/mol. The lowest BCUT2D eigenvalue weighted by Crippen LogP contribution is -2.57. The van der Waals surface area contributed by atoms with Crippen molar-refractivity contribution in [1.82, 2.24) is 15.5 Å². The van der Waals surface area contributed by atoms with Gasteiger partial charge in [0.15, 0.2) is 0 Å². The molecule has 6 nitrogen and oxygen atoms in total. The molecule has 0 aliphatic heterocycles. The van der Waals surface area contributed by atoms with Gasteiger partial charge in [0.1, 0.15) is 0 Å². The van der Waals surface area contributed by atoms with E-state index < -0.39 is 5.97 Å². The van der Waals surface area contributed by atoms with Crippen LogP contribution in [0.2, 0.25) is 0 Å². The van der Waals surface area contributed by atoms with Crippen LogP contribution in [0.4, 0.5) is 4.79 Å². The first-order chi connectivity index (χ1) is 9.46. The van der Waals surface area contributed by atoms with Crippen molar-refractivity contribution in [2.75, 3.05) is 13.1 Å². The lowest BCUT2D eigenvalue weighted by molar-refractivity contribution is -0.139. The number of nitrogens with zero attached hydrogens (tertiary/aromatic N) is 1. The lowest BCUT2D eigenvalue weighted by Gasteiger charge is -2.42. The summed E-state index contributed by atoms with van der Waals surface area (Å²) in [5.74, 6) is 1.68. The molecule has 1 rings (SSSR count). The van der Waals surface area contributed by atoms with E-state index in [9.17, 15) is 9.59 Å². The van der Waals surface area contributed by atoms with Crippen molar-refractivity contribution >= 4 is 12.0 Å². The minimum absolute atomic E-state index is 0.0463. The number of aliphatic carboxylic acids is 1. The topological polar surface area (TPSA) is 81.7 Å². The van der Waals surface area contributed by atoms with Gasteiger partial charge in [-0.3, -0.25) is 9.69 Å². The van der Waals surface area contributed by atoms with Gasteiger partial charge in [0.2, 0.25) is 0 Å². The summed E-state index contributed by atoms with van der Waals surface area (Å²) in [6.45, 7) is 4.56. The average molecular weight is 281 g/mol. The Bertz CT molecular complexity index is 386. The number of terminal acetylenes is 1. The Morgan fingerprint density at radius 3 is 2.65 bits per heavy atom. The van der Waals surface area contributed by atoms with E-state index in [-0.39, 0.29) is 30.7 Å². The molecular weight excluding hydrogens is 258 g/mol. The van der Waals surface area contributed by atoms with Crippen LogP contribution < -0.4 is 10.6 Å². The molecule has 0 aromatic carbocycles. The minimum atomic E-state index is -0.816. The van der Waals surface area contributed by atoms with Crippen LogP contribution in [0.25, 0.3) is 0 Å². The molecule has 0 spiro atoms. The van der Waals surface area contributed by atoms with Gasteiger partial charge < -0.3 is 15.7 Å². The van der Waals surface area contributed by atoms with Gasteiger partial charge in [0.05, 0.1) is 6.54 Å². The van der Waals surface area contributed by atoms with Gasteiger partial charge >= 0.3 is 12.0 Å². The van der Waals surface area contributed by atoms with Crippen LogP contribution in [0.3, 0.4) is 0 Å². The van der Waals surface area contributed by atoms with Crippen LogP contribution in [0.1, 0.15) is 33.1 Å². The fourth-order valence-electron chi connectivity index (χ4n) is 2.36. The second-order valence-corrected chi connectivity index (χ2v) is 5.21. The standard InChI is InChI=1S/C14H23N3O3/c1-4-6-10(3)15-14(20)16-11-7-12(8-11)17(5-2)9-13(18)19/h1,10-12H,5-9H2,2-3H3,(H,18,19)(H2,15,16,20). The molecule has 0 bridgehead atoms. The molecule has 1 atom stereocenters. The van der Waals surface area contributed by atoms with Gasteiger partial charge in [-0.15, -0.1) is 12.3 Å². The molecule has 1 unspecified atom stereocenters. The zero-order valence-electron chi connectivity index (χ0n) is 12.1. The zero-order chi connectivity index (χ0) is 15.1. The van der Waals surface area contributed by atoms with Gasteiger partial charge in [0.25, 0.3) is 0 Å². The summed E-state index contributed by atoms with van der Waals surface area (Å²) in [5, 5.41) is 14.5.